The maximum absolute atomic E-state index is 13.2. The van der Waals surface area contributed by atoms with Crippen LogP contribution in [0.3, 0.4) is 0 Å². The Morgan fingerprint density at radius 2 is 1.77 bits per heavy atom. The zero-order chi connectivity index (χ0) is 21.3. The number of carbonyl (C=O) groups excluding carboxylic acids is 3. The number of aromatic nitrogens is 1. The zero-order valence-corrected chi connectivity index (χ0v) is 17.9. The van der Waals surface area contributed by atoms with Crippen LogP contribution >= 0.6 is 11.3 Å². The average Bonchev–Trinajstić information content (AvgIpc) is 3.30. The summed E-state index contributed by atoms with van der Waals surface area (Å²) in [6.45, 7) is 3.97. The molecule has 2 heterocycles. The normalized spacial score (nSPS) is 21.8. The highest BCUT2D eigenvalue weighted by Crippen LogP contribution is 2.37. The summed E-state index contributed by atoms with van der Waals surface area (Å²) in [5, 5.41) is 5.19. The Bertz CT molecular complexity index is 957. The number of imide groups is 1. The third-order valence-electron chi connectivity index (χ3n) is 5.65. The SMILES string of the molecule is CC(C)CC(C(=O)Nc1nc(-c2ccccc2)cs1)N1C(=O)C2CC=CCC2C1=O. The van der Waals surface area contributed by atoms with Crippen LogP contribution in [0.4, 0.5) is 5.13 Å². The fourth-order valence-electron chi connectivity index (χ4n) is 4.17. The third-order valence-corrected chi connectivity index (χ3v) is 6.41. The first-order valence-corrected chi connectivity index (χ1v) is 11.2. The van der Waals surface area contributed by atoms with Crippen LogP contribution in [0.2, 0.25) is 0 Å². The van der Waals surface area contributed by atoms with Crippen molar-refractivity contribution in [3.8, 4) is 11.3 Å². The average molecular weight is 424 g/mol. The third kappa shape index (κ3) is 3.94. The van der Waals surface area contributed by atoms with Gasteiger partial charge in [-0.25, -0.2) is 4.98 Å². The van der Waals surface area contributed by atoms with E-state index in [-0.39, 0.29) is 35.5 Å². The van der Waals surface area contributed by atoms with Gasteiger partial charge in [0, 0.05) is 10.9 Å². The second kappa shape index (κ2) is 8.52. The quantitative estimate of drug-likeness (QED) is 0.560. The van der Waals surface area contributed by atoms with Crippen molar-refractivity contribution >= 4 is 34.2 Å². The smallest absolute Gasteiger partial charge is 0.249 e. The molecule has 1 aliphatic heterocycles. The largest absolute Gasteiger partial charge is 0.300 e. The number of anilines is 1. The Balaban J connectivity index is 1.54. The van der Waals surface area contributed by atoms with E-state index in [1.54, 1.807) is 0 Å². The molecule has 0 saturated carbocycles. The molecule has 4 rings (SSSR count). The minimum atomic E-state index is -0.820. The van der Waals surface area contributed by atoms with Crippen molar-refractivity contribution in [2.75, 3.05) is 5.32 Å². The molecule has 1 saturated heterocycles. The molecule has 0 radical (unpaired) electrons. The minimum Gasteiger partial charge on any atom is -0.300 e. The summed E-state index contributed by atoms with van der Waals surface area (Å²) in [6.07, 6.45) is 5.46. The fraction of sp³-hybridized carbons (Fsp3) is 0.391. The van der Waals surface area contributed by atoms with Crippen molar-refractivity contribution in [3.63, 3.8) is 0 Å². The second-order valence-electron chi connectivity index (χ2n) is 8.24. The molecule has 1 fully saturated rings. The monoisotopic (exact) mass is 423 g/mol. The van der Waals surface area contributed by atoms with Gasteiger partial charge >= 0.3 is 0 Å². The maximum atomic E-state index is 13.2. The van der Waals surface area contributed by atoms with Gasteiger partial charge in [-0.2, -0.15) is 0 Å². The Morgan fingerprint density at radius 3 is 2.37 bits per heavy atom. The number of hydrogen-bond donors (Lipinski definition) is 1. The Labute approximate surface area is 180 Å². The van der Waals surface area contributed by atoms with Gasteiger partial charge in [0.25, 0.3) is 0 Å². The highest BCUT2D eigenvalue weighted by molar-refractivity contribution is 7.14. The number of fused-ring (bicyclic) bond motifs is 1. The highest BCUT2D eigenvalue weighted by Gasteiger charge is 2.51. The van der Waals surface area contributed by atoms with E-state index in [2.05, 4.69) is 10.3 Å². The predicted octanol–water partition coefficient (Wildman–Crippen LogP) is 4.11. The van der Waals surface area contributed by atoms with Gasteiger partial charge in [0.1, 0.15) is 6.04 Å². The van der Waals surface area contributed by atoms with E-state index in [1.807, 2.05) is 61.7 Å². The topological polar surface area (TPSA) is 79.4 Å². The van der Waals surface area contributed by atoms with Crippen LogP contribution in [0.5, 0.6) is 0 Å². The van der Waals surface area contributed by atoms with Crippen LogP contribution in [-0.2, 0) is 14.4 Å². The van der Waals surface area contributed by atoms with Gasteiger partial charge in [0.15, 0.2) is 5.13 Å². The van der Waals surface area contributed by atoms with Crippen LogP contribution in [0.15, 0.2) is 47.9 Å². The van der Waals surface area contributed by atoms with E-state index in [4.69, 9.17) is 0 Å². The van der Waals surface area contributed by atoms with E-state index in [9.17, 15) is 14.4 Å². The van der Waals surface area contributed by atoms with Gasteiger partial charge in [-0.15, -0.1) is 11.3 Å². The molecular formula is C23H25N3O3S. The molecular weight excluding hydrogens is 398 g/mol. The lowest BCUT2D eigenvalue weighted by Gasteiger charge is -2.27. The van der Waals surface area contributed by atoms with E-state index in [0.29, 0.717) is 24.4 Å². The number of nitrogens with zero attached hydrogens (tertiary/aromatic N) is 2. The van der Waals surface area contributed by atoms with Crippen molar-refractivity contribution in [3.05, 3.63) is 47.9 Å². The predicted molar refractivity (Wildman–Crippen MR) is 117 cm³/mol. The molecule has 156 valence electrons. The standard InChI is InChI=1S/C23H25N3O3S/c1-14(2)12-19(26-21(28)16-10-6-7-11-17(16)22(26)29)20(27)25-23-24-18(13-30-23)15-8-4-3-5-9-15/h3-9,13-14,16-17,19H,10-12H2,1-2H3,(H,24,25,27). The number of carbonyl (C=O) groups is 3. The molecule has 1 aromatic heterocycles. The summed E-state index contributed by atoms with van der Waals surface area (Å²) >= 11 is 1.33. The summed E-state index contributed by atoms with van der Waals surface area (Å²) in [4.78, 5) is 44.9. The molecule has 3 atom stereocenters. The van der Waals surface area contributed by atoms with Crippen LogP contribution < -0.4 is 5.32 Å². The van der Waals surface area contributed by atoms with Crippen molar-refractivity contribution in [2.24, 2.45) is 17.8 Å². The molecule has 6 nitrogen and oxygen atoms in total. The first-order valence-electron chi connectivity index (χ1n) is 10.3. The van der Waals surface area contributed by atoms with Gasteiger partial charge in [-0.05, 0) is 25.2 Å². The summed E-state index contributed by atoms with van der Waals surface area (Å²) < 4.78 is 0. The zero-order valence-electron chi connectivity index (χ0n) is 17.1. The van der Waals surface area contributed by atoms with Crippen LogP contribution in [-0.4, -0.2) is 33.6 Å². The first kappa shape index (κ1) is 20.5. The van der Waals surface area contributed by atoms with Gasteiger partial charge < -0.3 is 5.32 Å². The number of thiazole rings is 1. The van der Waals surface area contributed by atoms with Crippen LogP contribution in [0.25, 0.3) is 11.3 Å². The highest BCUT2D eigenvalue weighted by atomic mass is 32.1. The number of amides is 3. The maximum Gasteiger partial charge on any atom is 0.249 e. The summed E-state index contributed by atoms with van der Waals surface area (Å²) in [6, 6.07) is 8.90. The number of hydrogen-bond acceptors (Lipinski definition) is 5. The van der Waals surface area contributed by atoms with Crippen molar-refractivity contribution in [2.45, 2.75) is 39.2 Å². The Hall–Kier alpha value is -2.80. The molecule has 0 spiro atoms. The molecule has 30 heavy (non-hydrogen) atoms. The summed E-state index contributed by atoms with van der Waals surface area (Å²) in [7, 11) is 0. The minimum absolute atomic E-state index is 0.151. The van der Waals surface area contributed by atoms with Crippen molar-refractivity contribution in [1.82, 2.24) is 9.88 Å². The number of rotatable bonds is 6. The van der Waals surface area contributed by atoms with E-state index >= 15 is 0 Å². The van der Waals surface area contributed by atoms with Crippen molar-refractivity contribution in [1.29, 1.82) is 0 Å². The number of benzene rings is 1. The van der Waals surface area contributed by atoms with Crippen molar-refractivity contribution < 1.29 is 14.4 Å². The van der Waals surface area contributed by atoms with E-state index in [1.165, 1.54) is 16.2 Å². The molecule has 7 heteroatoms. The second-order valence-corrected chi connectivity index (χ2v) is 9.10. The molecule has 1 aromatic carbocycles. The lowest BCUT2D eigenvalue weighted by atomic mass is 9.85. The van der Waals surface area contributed by atoms with Gasteiger partial charge in [-0.1, -0.05) is 56.3 Å². The lowest BCUT2D eigenvalue weighted by molar-refractivity contribution is -0.147. The van der Waals surface area contributed by atoms with Gasteiger partial charge in [0.05, 0.1) is 17.5 Å². The molecule has 3 amide bonds. The first-order chi connectivity index (χ1) is 14.5. The Morgan fingerprint density at radius 1 is 1.13 bits per heavy atom. The molecule has 2 aromatic rings. The van der Waals surface area contributed by atoms with E-state index < -0.39 is 6.04 Å². The van der Waals surface area contributed by atoms with Crippen LogP contribution in [0.1, 0.15) is 33.1 Å². The molecule has 3 unspecified atom stereocenters. The van der Waals surface area contributed by atoms with Gasteiger partial charge in [-0.3, -0.25) is 19.3 Å². The number of nitrogens with one attached hydrogen (secondary N) is 1. The van der Waals surface area contributed by atoms with Gasteiger partial charge in [0.2, 0.25) is 17.7 Å². The molecule has 0 bridgehead atoms. The number of allylic oxidation sites excluding steroid dienone is 2. The fourth-order valence-corrected chi connectivity index (χ4v) is 4.89. The van der Waals surface area contributed by atoms with E-state index in [0.717, 1.165) is 11.3 Å². The number of likely N-dealkylation sites (tertiary alicyclic amines) is 1. The Kier molecular flexibility index (Phi) is 5.81. The lowest BCUT2D eigenvalue weighted by Crippen LogP contribution is -2.48. The molecule has 2 aliphatic rings. The van der Waals surface area contributed by atoms with Crippen LogP contribution in [0, 0.1) is 17.8 Å². The summed E-state index contributed by atoms with van der Waals surface area (Å²) in [5.41, 5.74) is 1.75. The molecule has 1 aliphatic carbocycles. The summed E-state index contributed by atoms with van der Waals surface area (Å²) in [5.74, 6) is -1.33. The molecule has 1 N–H and O–H groups in total.